The SMILES string of the molecule is CCF.COC(C)(F)F.COC(F)C(F)(F)F.COF.FCC(F)(F)F. The molecule has 0 spiro atoms. The van der Waals surface area contributed by atoms with Crippen molar-refractivity contribution in [1.29, 1.82) is 0 Å². The summed E-state index contributed by atoms with van der Waals surface area (Å²) in [6.45, 7) is -0.333. The van der Waals surface area contributed by atoms with E-state index >= 15 is 0 Å². The van der Waals surface area contributed by atoms with Gasteiger partial charge < -0.3 is 9.47 Å². The average Bonchev–Trinajstić information content (AvgIpc) is 2.47. The van der Waals surface area contributed by atoms with Crippen LogP contribution in [0.15, 0.2) is 0 Å². The van der Waals surface area contributed by atoms with E-state index in [-0.39, 0.29) is 6.67 Å². The largest absolute Gasteiger partial charge is 0.445 e. The van der Waals surface area contributed by atoms with Gasteiger partial charge in [0.2, 0.25) is 0 Å². The van der Waals surface area contributed by atoms with E-state index in [0.29, 0.717) is 14.0 Å². The van der Waals surface area contributed by atoms with Gasteiger partial charge in [-0.15, -0.1) is 0 Å². The third-order valence-corrected chi connectivity index (χ3v) is 0.974. The number of rotatable bonds is 2. The lowest BCUT2D eigenvalue weighted by Crippen LogP contribution is -2.25. The Hall–Kier alpha value is -0.960. The second kappa shape index (κ2) is 20.4. The second-order valence-corrected chi connectivity index (χ2v) is 3.28. The van der Waals surface area contributed by atoms with Crippen molar-refractivity contribution in [3.63, 3.8) is 0 Å². The first-order valence-electron chi connectivity index (χ1n) is 5.93. The van der Waals surface area contributed by atoms with Gasteiger partial charge in [-0.1, -0.05) is 0 Å². The number of methoxy groups -OCH3 is 2. The van der Waals surface area contributed by atoms with Gasteiger partial charge in [-0.25, -0.2) is 8.78 Å². The highest BCUT2D eigenvalue weighted by molar-refractivity contribution is 4.51. The summed E-state index contributed by atoms with van der Waals surface area (Å²) in [5.41, 5.74) is 0. The van der Waals surface area contributed by atoms with E-state index in [2.05, 4.69) is 14.4 Å². The van der Waals surface area contributed by atoms with Crippen LogP contribution in [-0.4, -0.2) is 59.5 Å². The third-order valence-electron chi connectivity index (χ3n) is 0.974. The van der Waals surface area contributed by atoms with Crippen LogP contribution in [0.4, 0.5) is 52.8 Å². The molecule has 0 heterocycles. The van der Waals surface area contributed by atoms with Crippen molar-refractivity contribution in [3.05, 3.63) is 0 Å². The van der Waals surface area contributed by atoms with Crippen LogP contribution in [0.25, 0.3) is 0 Å². The molecule has 0 aromatic carbocycles. The zero-order valence-corrected chi connectivity index (χ0v) is 14.3. The fourth-order valence-corrected chi connectivity index (χ4v) is 0.134. The molecule has 0 aliphatic rings. The Kier molecular flexibility index (Phi) is 28.2. The molecule has 0 amide bonds. The Balaban J connectivity index is -0.0000000744. The van der Waals surface area contributed by atoms with Crippen LogP contribution in [0.1, 0.15) is 13.8 Å². The topological polar surface area (TPSA) is 27.7 Å². The van der Waals surface area contributed by atoms with Crippen molar-refractivity contribution in [2.45, 2.75) is 38.7 Å². The highest BCUT2D eigenvalue weighted by Gasteiger charge is 2.40. The molecule has 15 heteroatoms. The molecule has 0 aliphatic heterocycles. The van der Waals surface area contributed by atoms with E-state index in [0.717, 1.165) is 14.2 Å². The molecule has 0 radical (unpaired) electrons. The van der Waals surface area contributed by atoms with E-state index in [1.54, 1.807) is 0 Å². The Morgan fingerprint density at radius 3 is 1.04 bits per heavy atom. The molecule has 0 aromatic heterocycles. The Morgan fingerprint density at radius 2 is 1.04 bits per heavy atom. The van der Waals surface area contributed by atoms with E-state index < -0.39 is 31.5 Å². The minimum Gasteiger partial charge on any atom is -0.345 e. The number of hydrogen-bond acceptors (Lipinski definition) is 3. The van der Waals surface area contributed by atoms with Crippen molar-refractivity contribution >= 4 is 0 Å². The van der Waals surface area contributed by atoms with Crippen LogP contribution < -0.4 is 0 Å². The number of ether oxygens (including phenoxy) is 2. The quantitative estimate of drug-likeness (QED) is 0.525. The van der Waals surface area contributed by atoms with Gasteiger partial charge >= 0.3 is 18.5 Å². The van der Waals surface area contributed by atoms with Crippen molar-refractivity contribution in [1.82, 2.24) is 0 Å². The molecule has 0 N–H and O–H groups in total. The van der Waals surface area contributed by atoms with Gasteiger partial charge in [-0.05, 0) is 11.4 Å². The van der Waals surface area contributed by atoms with Crippen molar-refractivity contribution < 1.29 is 67.2 Å². The van der Waals surface area contributed by atoms with Gasteiger partial charge in [0.25, 0.3) is 6.36 Å². The lowest BCUT2D eigenvalue weighted by atomic mass is 10.7. The second-order valence-electron chi connectivity index (χ2n) is 3.28. The maximum absolute atomic E-state index is 11.3. The molecule has 0 rings (SSSR count). The van der Waals surface area contributed by atoms with Crippen LogP contribution in [0.3, 0.4) is 0 Å². The maximum Gasteiger partial charge on any atom is 0.445 e. The molecule has 166 valence electrons. The zero-order chi connectivity index (χ0) is 22.6. The summed E-state index contributed by atoms with van der Waals surface area (Å²) < 4.78 is 135. The van der Waals surface area contributed by atoms with Gasteiger partial charge in [-0.3, -0.25) is 4.39 Å². The highest BCUT2D eigenvalue weighted by Crippen LogP contribution is 2.22. The summed E-state index contributed by atoms with van der Waals surface area (Å²) in [6, 6.07) is 0. The van der Waals surface area contributed by atoms with Gasteiger partial charge in [0.1, 0.15) is 0 Å². The first-order chi connectivity index (χ1) is 11.4. The van der Waals surface area contributed by atoms with Gasteiger partial charge in [0.05, 0.1) is 13.8 Å². The average molecular weight is 428 g/mol. The van der Waals surface area contributed by atoms with E-state index in [9.17, 15) is 52.8 Å². The number of alkyl halides is 11. The summed E-state index contributed by atoms with van der Waals surface area (Å²) >= 11 is 0. The molecular formula is C11H20F12O3. The minimum atomic E-state index is -4.88. The van der Waals surface area contributed by atoms with Crippen LogP contribution in [-0.2, 0) is 14.4 Å². The standard InChI is InChI=1S/C3H4F4O.C3H6F2O.C2H2F4.C2H5F.CH3FO/c1-8-2(4)3(5,6)7;1-3(4,5)6-2;3-1-2(4,5)6;1-2-3;1-3-2/h2H,1H3;1-2H3;1H2;2H2,1H3;1H3. The molecule has 3 nitrogen and oxygen atoms in total. The maximum atomic E-state index is 11.3. The zero-order valence-electron chi connectivity index (χ0n) is 14.3. The van der Waals surface area contributed by atoms with Gasteiger partial charge in [0.15, 0.2) is 6.67 Å². The first-order valence-corrected chi connectivity index (χ1v) is 5.93. The molecule has 0 aliphatic carbocycles. The molecule has 0 bridgehead atoms. The molecule has 0 aromatic rings. The summed E-state index contributed by atoms with van der Waals surface area (Å²) in [6.07, 6.45) is -15.6. The molecular weight excluding hydrogens is 408 g/mol. The summed E-state index contributed by atoms with van der Waals surface area (Å²) in [4.78, 5) is 2.75. The third kappa shape index (κ3) is 65.8. The van der Waals surface area contributed by atoms with E-state index in [1.807, 2.05) is 0 Å². The van der Waals surface area contributed by atoms with Crippen LogP contribution in [0, 0.1) is 0 Å². The van der Waals surface area contributed by atoms with Crippen molar-refractivity contribution in [2.24, 2.45) is 0 Å². The molecule has 1 atom stereocenters. The summed E-state index contributed by atoms with van der Waals surface area (Å²) in [5.74, 6) is 0. The molecule has 0 saturated carbocycles. The highest BCUT2D eigenvalue weighted by atomic mass is 19.4. The lowest BCUT2D eigenvalue weighted by molar-refractivity contribution is -0.256. The Labute approximate surface area is 142 Å². The van der Waals surface area contributed by atoms with Gasteiger partial charge in [-0.2, -0.15) is 40.1 Å². The fraction of sp³-hybridized carbons (Fsp3) is 1.00. The number of hydrogen-bond donors (Lipinski definition) is 0. The summed E-state index contributed by atoms with van der Waals surface area (Å²) in [7, 11) is 2.57. The van der Waals surface area contributed by atoms with Gasteiger partial charge in [0, 0.05) is 21.1 Å². The van der Waals surface area contributed by atoms with Crippen molar-refractivity contribution in [3.8, 4) is 0 Å². The fourth-order valence-electron chi connectivity index (χ4n) is 0.134. The van der Waals surface area contributed by atoms with E-state index in [4.69, 9.17) is 0 Å². The summed E-state index contributed by atoms with van der Waals surface area (Å²) in [5, 5.41) is 0. The van der Waals surface area contributed by atoms with Crippen molar-refractivity contribution in [2.75, 3.05) is 34.7 Å². The lowest BCUT2D eigenvalue weighted by Gasteiger charge is -2.08. The smallest absolute Gasteiger partial charge is 0.345 e. The molecule has 26 heavy (non-hydrogen) atoms. The molecule has 0 fully saturated rings. The first kappa shape index (κ1) is 36.0. The van der Waals surface area contributed by atoms with Crippen LogP contribution >= 0.6 is 0 Å². The molecule has 0 saturated heterocycles. The Morgan fingerprint density at radius 1 is 0.846 bits per heavy atom. The Bertz CT molecular complexity index is 236. The van der Waals surface area contributed by atoms with Crippen LogP contribution in [0.5, 0.6) is 0 Å². The predicted molar refractivity (Wildman–Crippen MR) is 67.4 cm³/mol. The minimum absolute atomic E-state index is 0.250. The predicted octanol–water partition coefficient (Wildman–Crippen LogP) is 5.75. The monoisotopic (exact) mass is 428 g/mol. The molecule has 1 unspecified atom stereocenters. The van der Waals surface area contributed by atoms with Crippen LogP contribution in [0.2, 0.25) is 0 Å². The normalized spacial score (nSPS) is 11.9. The van der Waals surface area contributed by atoms with E-state index in [1.165, 1.54) is 6.92 Å². The number of halogens is 12.